The summed E-state index contributed by atoms with van der Waals surface area (Å²) in [5, 5.41) is 4.70. The van der Waals surface area contributed by atoms with Crippen molar-refractivity contribution in [2.75, 3.05) is 11.1 Å². The molecule has 0 radical (unpaired) electrons. The zero-order valence-corrected chi connectivity index (χ0v) is 15.1. The highest BCUT2D eigenvalue weighted by Gasteiger charge is 2.31. The Balaban J connectivity index is 1.58. The van der Waals surface area contributed by atoms with Gasteiger partial charge in [0.1, 0.15) is 10.7 Å². The van der Waals surface area contributed by atoms with Gasteiger partial charge in [-0.05, 0) is 18.2 Å². The van der Waals surface area contributed by atoms with E-state index >= 15 is 0 Å². The first kappa shape index (κ1) is 18.7. The summed E-state index contributed by atoms with van der Waals surface area (Å²) in [5.41, 5.74) is -0.347. The largest absolute Gasteiger partial charge is 0.463 e. The van der Waals surface area contributed by atoms with Gasteiger partial charge in [0.15, 0.2) is 10.9 Å². The minimum absolute atomic E-state index is 0.0756. The van der Waals surface area contributed by atoms with Crippen LogP contribution in [0.4, 0.5) is 18.3 Å². The number of carbonyl (C=O) groups is 1. The molecule has 26 heavy (non-hydrogen) atoms. The van der Waals surface area contributed by atoms with E-state index < -0.39 is 11.7 Å². The van der Waals surface area contributed by atoms with Crippen molar-refractivity contribution in [3.8, 4) is 11.5 Å². The number of hydrogen-bond acceptors (Lipinski definition) is 6. The van der Waals surface area contributed by atoms with Crippen molar-refractivity contribution in [1.29, 1.82) is 0 Å². The van der Waals surface area contributed by atoms with Gasteiger partial charge < -0.3 is 9.73 Å². The molecule has 0 bridgehead atoms. The number of pyridine rings is 1. The van der Waals surface area contributed by atoms with Crippen LogP contribution in [-0.2, 0) is 11.0 Å². The molecule has 1 amide bonds. The zero-order valence-electron chi connectivity index (χ0n) is 12.7. The third-order valence-electron chi connectivity index (χ3n) is 3.00. The molecule has 0 aliphatic carbocycles. The molecule has 3 rings (SSSR count). The summed E-state index contributed by atoms with van der Waals surface area (Å²) in [6.07, 6.45) is -2.32. The van der Waals surface area contributed by atoms with Crippen LogP contribution in [0.5, 0.6) is 0 Å². The maximum absolute atomic E-state index is 12.6. The van der Waals surface area contributed by atoms with Gasteiger partial charge >= 0.3 is 6.18 Å². The molecule has 0 atom stereocenters. The number of furan rings is 1. The fraction of sp³-hybridized carbons (Fsp3) is 0.133. The number of nitrogens with zero attached hydrogens (tertiary/aromatic N) is 2. The molecule has 11 heteroatoms. The Morgan fingerprint density at radius 3 is 2.88 bits per heavy atom. The second-order valence-corrected chi connectivity index (χ2v) is 7.09. The lowest BCUT2D eigenvalue weighted by atomic mass is 10.3. The number of aromatic nitrogens is 2. The highest BCUT2D eigenvalue weighted by atomic mass is 35.5. The summed E-state index contributed by atoms with van der Waals surface area (Å²) in [4.78, 5) is 19.9. The van der Waals surface area contributed by atoms with Crippen LogP contribution in [0, 0.1) is 0 Å². The van der Waals surface area contributed by atoms with Crippen LogP contribution < -0.4 is 5.32 Å². The topological polar surface area (TPSA) is 68.0 Å². The number of anilines is 1. The first-order valence-corrected chi connectivity index (χ1v) is 9.22. The Morgan fingerprint density at radius 2 is 2.23 bits per heavy atom. The number of halogens is 4. The van der Waals surface area contributed by atoms with E-state index in [9.17, 15) is 18.0 Å². The van der Waals surface area contributed by atoms with Crippen LogP contribution in [0.15, 0.2) is 45.5 Å². The molecule has 136 valence electrons. The Morgan fingerprint density at radius 1 is 1.42 bits per heavy atom. The highest BCUT2D eigenvalue weighted by molar-refractivity contribution is 8.00. The molecular weight excluding hydrogens is 411 g/mol. The molecule has 3 heterocycles. The van der Waals surface area contributed by atoms with Gasteiger partial charge in [0.2, 0.25) is 5.91 Å². The highest BCUT2D eigenvalue weighted by Crippen LogP contribution is 2.33. The number of thiazole rings is 1. The lowest BCUT2D eigenvalue weighted by Crippen LogP contribution is -2.14. The minimum atomic E-state index is -4.52. The van der Waals surface area contributed by atoms with Crippen LogP contribution in [-0.4, -0.2) is 21.6 Å². The predicted molar refractivity (Wildman–Crippen MR) is 93.4 cm³/mol. The SMILES string of the molecule is O=C(CSc1ncc(C(F)(F)F)cc1Cl)Nc1nc(-c2ccco2)cs1. The van der Waals surface area contributed by atoms with Crippen molar-refractivity contribution in [3.05, 3.63) is 46.6 Å². The van der Waals surface area contributed by atoms with Crippen molar-refractivity contribution in [2.45, 2.75) is 11.2 Å². The number of thioether (sulfide) groups is 1. The average Bonchev–Trinajstić information content (AvgIpc) is 3.23. The Bertz CT molecular complexity index is 913. The first-order valence-electron chi connectivity index (χ1n) is 6.98. The number of hydrogen-bond donors (Lipinski definition) is 1. The van der Waals surface area contributed by atoms with E-state index in [1.165, 1.54) is 17.6 Å². The monoisotopic (exact) mass is 419 g/mol. The van der Waals surface area contributed by atoms with Gasteiger partial charge in [-0.2, -0.15) is 13.2 Å². The molecule has 0 aromatic carbocycles. The van der Waals surface area contributed by atoms with Crippen molar-refractivity contribution in [2.24, 2.45) is 0 Å². The summed E-state index contributed by atoms with van der Waals surface area (Å²) in [6.45, 7) is 0. The molecule has 0 saturated carbocycles. The second kappa shape index (κ2) is 7.68. The molecule has 0 unspecified atom stereocenters. The van der Waals surface area contributed by atoms with E-state index in [0.717, 1.165) is 17.8 Å². The first-order chi connectivity index (χ1) is 12.3. The van der Waals surface area contributed by atoms with Gasteiger partial charge in [-0.1, -0.05) is 23.4 Å². The third-order valence-corrected chi connectivity index (χ3v) is 5.16. The fourth-order valence-electron chi connectivity index (χ4n) is 1.84. The maximum atomic E-state index is 12.6. The quantitative estimate of drug-likeness (QED) is 0.575. The molecular formula is C15H9ClF3N3O2S2. The lowest BCUT2D eigenvalue weighted by Gasteiger charge is -2.08. The van der Waals surface area contributed by atoms with Crippen LogP contribution in [0.25, 0.3) is 11.5 Å². The molecule has 5 nitrogen and oxygen atoms in total. The number of amides is 1. The Kier molecular flexibility index (Phi) is 5.54. The van der Waals surface area contributed by atoms with Crippen LogP contribution >= 0.6 is 34.7 Å². The summed E-state index contributed by atoms with van der Waals surface area (Å²) >= 11 is 7.96. The maximum Gasteiger partial charge on any atom is 0.417 e. The normalized spacial score (nSPS) is 11.5. The van der Waals surface area contributed by atoms with Gasteiger partial charge in [0.25, 0.3) is 0 Å². The fourth-order valence-corrected chi connectivity index (χ4v) is 3.55. The van der Waals surface area contributed by atoms with Gasteiger partial charge in [-0.15, -0.1) is 11.3 Å². The number of nitrogens with one attached hydrogen (secondary N) is 1. The van der Waals surface area contributed by atoms with E-state index in [4.69, 9.17) is 16.0 Å². The van der Waals surface area contributed by atoms with Crippen molar-refractivity contribution in [1.82, 2.24) is 9.97 Å². The molecule has 0 fully saturated rings. The van der Waals surface area contributed by atoms with Gasteiger partial charge in [0, 0.05) is 11.6 Å². The molecule has 3 aromatic rings. The van der Waals surface area contributed by atoms with E-state index in [-0.39, 0.29) is 21.7 Å². The van der Waals surface area contributed by atoms with E-state index in [1.807, 2.05) is 0 Å². The number of carbonyl (C=O) groups excluding carboxylic acids is 1. The lowest BCUT2D eigenvalue weighted by molar-refractivity contribution is -0.137. The summed E-state index contributed by atoms with van der Waals surface area (Å²) in [6, 6.07) is 4.25. The van der Waals surface area contributed by atoms with Crippen LogP contribution in [0.2, 0.25) is 5.02 Å². The van der Waals surface area contributed by atoms with Gasteiger partial charge in [-0.3, -0.25) is 4.79 Å². The smallest absolute Gasteiger partial charge is 0.417 e. The Hall–Kier alpha value is -2.04. The van der Waals surface area contributed by atoms with Crippen molar-refractivity contribution < 1.29 is 22.4 Å². The van der Waals surface area contributed by atoms with E-state index in [0.29, 0.717) is 22.8 Å². The average molecular weight is 420 g/mol. The summed E-state index contributed by atoms with van der Waals surface area (Å²) in [5.74, 6) is 0.123. The molecule has 3 aromatic heterocycles. The summed E-state index contributed by atoms with van der Waals surface area (Å²) in [7, 11) is 0. The third kappa shape index (κ3) is 4.57. The Labute approximate surface area is 158 Å². The van der Waals surface area contributed by atoms with E-state index in [2.05, 4.69) is 15.3 Å². The van der Waals surface area contributed by atoms with Crippen LogP contribution in [0.3, 0.4) is 0 Å². The molecule has 0 spiro atoms. The van der Waals surface area contributed by atoms with Crippen molar-refractivity contribution in [3.63, 3.8) is 0 Å². The van der Waals surface area contributed by atoms with E-state index in [1.54, 1.807) is 17.5 Å². The minimum Gasteiger partial charge on any atom is -0.463 e. The van der Waals surface area contributed by atoms with Crippen LogP contribution in [0.1, 0.15) is 5.56 Å². The number of alkyl halides is 3. The molecule has 0 aliphatic rings. The predicted octanol–water partition coefficient (Wildman–Crippen LogP) is 5.20. The molecule has 0 aliphatic heterocycles. The standard InChI is InChI=1S/C15H9ClF3N3O2S2/c16-9-4-8(15(17,18)19)5-20-13(9)25-7-12(23)22-14-21-10(6-26-14)11-2-1-3-24-11/h1-6H,7H2,(H,21,22,23). The van der Waals surface area contributed by atoms with Gasteiger partial charge in [-0.25, -0.2) is 9.97 Å². The van der Waals surface area contributed by atoms with Gasteiger partial charge in [0.05, 0.1) is 22.6 Å². The van der Waals surface area contributed by atoms with Crippen molar-refractivity contribution >= 4 is 45.7 Å². The summed E-state index contributed by atoms with van der Waals surface area (Å²) < 4.78 is 42.9. The number of rotatable bonds is 5. The zero-order chi connectivity index (χ0) is 18.7. The molecule has 1 N–H and O–H groups in total. The molecule has 0 saturated heterocycles. The second-order valence-electron chi connectivity index (χ2n) is 4.86.